The average Bonchev–Trinajstić information content (AvgIpc) is 3.03. The normalized spacial score (nSPS) is 10.4. The SMILES string of the molecule is OB(O)c1ccc(Oc2ccc(-c3ccco3)cc2)cc1. The van der Waals surface area contributed by atoms with Gasteiger partial charge in [0.1, 0.15) is 17.3 Å². The topological polar surface area (TPSA) is 62.8 Å². The zero-order valence-corrected chi connectivity index (χ0v) is 11.1. The Morgan fingerprint density at radius 2 is 1.43 bits per heavy atom. The van der Waals surface area contributed by atoms with Crippen molar-refractivity contribution in [3.05, 3.63) is 66.9 Å². The highest BCUT2D eigenvalue weighted by Gasteiger charge is 2.10. The number of rotatable bonds is 4. The number of benzene rings is 2. The lowest BCUT2D eigenvalue weighted by Gasteiger charge is -2.07. The van der Waals surface area contributed by atoms with Crippen LogP contribution in [0.25, 0.3) is 11.3 Å². The van der Waals surface area contributed by atoms with Crippen molar-refractivity contribution in [2.45, 2.75) is 0 Å². The Morgan fingerprint density at radius 3 is 1.95 bits per heavy atom. The first-order valence-corrected chi connectivity index (χ1v) is 6.50. The summed E-state index contributed by atoms with van der Waals surface area (Å²) in [5.74, 6) is 2.13. The van der Waals surface area contributed by atoms with Crippen LogP contribution in [-0.4, -0.2) is 17.2 Å². The third-order valence-electron chi connectivity index (χ3n) is 3.07. The summed E-state index contributed by atoms with van der Waals surface area (Å²) in [5.41, 5.74) is 1.40. The predicted octanol–water partition coefficient (Wildman–Crippen LogP) is 2.42. The van der Waals surface area contributed by atoms with Crippen LogP contribution in [0.1, 0.15) is 0 Å². The van der Waals surface area contributed by atoms with E-state index in [-0.39, 0.29) is 0 Å². The Bertz CT molecular complexity index is 688. The molecule has 2 N–H and O–H groups in total. The highest BCUT2D eigenvalue weighted by atomic mass is 16.5. The maximum absolute atomic E-state index is 9.03. The summed E-state index contributed by atoms with van der Waals surface area (Å²) in [6, 6.07) is 17.9. The zero-order chi connectivity index (χ0) is 14.7. The van der Waals surface area contributed by atoms with E-state index in [4.69, 9.17) is 19.2 Å². The quantitative estimate of drug-likeness (QED) is 0.720. The standard InChI is InChI=1S/C16H13BO4/c18-17(19)13-5-9-15(10-6-13)21-14-7-3-12(4-8-14)16-2-1-11-20-16/h1-11,18-19H. The van der Waals surface area contributed by atoms with E-state index in [1.165, 1.54) is 0 Å². The molecule has 3 rings (SSSR count). The number of hydrogen-bond donors (Lipinski definition) is 2. The molecule has 104 valence electrons. The van der Waals surface area contributed by atoms with Gasteiger partial charge in [-0.2, -0.15) is 0 Å². The smallest absolute Gasteiger partial charge is 0.464 e. The van der Waals surface area contributed by atoms with Gasteiger partial charge in [-0.1, -0.05) is 12.1 Å². The maximum atomic E-state index is 9.03. The molecule has 0 aliphatic heterocycles. The van der Waals surface area contributed by atoms with E-state index in [2.05, 4.69) is 0 Å². The molecule has 0 saturated heterocycles. The minimum Gasteiger partial charge on any atom is -0.464 e. The molecule has 0 bridgehead atoms. The van der Waals surface area contributed by atoms with E-state index < -0.39 is 7.12 Å². The first-order valence-electron chi connectivity index (χ1n) is 6.50. The molecule has 0 unspecified atom stereocenters. The van der Waals surface area contributed by atoms with Crippen molar-refractivity contribution in [2.24, 2.45) is 0 Å². The summed E-state index contributed by atoms with van der Waals surface area (Å²) in [6.45, 7) is 0. The van der Waals surface area contributed by atoms with Gasteiger partial charge in [0.25, 0.3) is 0 Å². The molecule has 4 nitrogen and oxygen atoms in total. The Hall–Kier alpha value is -2.50. The second kappa shape index (κ2) is 5.87. The van der Waals surface area contributed by atoms with E-state index in [1.807, 2.05) is 36.4 Å². The molecule has 0 aliphatic rings. The lowest BCUT2D eigenvalue weighted by molar-refractivity contribution is 0.425. The Labute approximate surface area is 122 Å². The van der Waals surface area contributed by atoms with Crippen LogP contribution < -0.4 is 10.2 Å². The van der Waals surface area contributed by atoms with Crippen LogP contribution >= 0.6 is 0 Å². The van der Waals surface area contributed by atoms with Gasteiger partial charge in [-0.15, -0.1) is 0 Å². The fourth-order valence-electron chi connectivity index (χ4n) is 1.97. The van der Waals surface area contributed by atoms with Crippen molar-refractivity contribution >= 4 is 12.6 Å². The molecule has 0 saturated carbocycles. The summed E-state index contributed by atoms with van der Waals surface area (Å²) in [6.07, 6.45) is 1.64. The van der Waals surface area contributed by atoms with E-state index in [9.17, 15) is 0 Å². The summed E-state index contributed by atoms with van der Waals surface area (Å²) in [7, 11) is -1.47. The van der Waals surface area contributed by atoms with E-state index in [0.29, 0.717) is 17.0 Å². The second-order valence-corrected chi connectivity index (χ2v) is 4.55. The fraction of sp³-hybridized carbons (Fsp3) is 0. The summed E-state index contributed by atoms with van der Waals surface area (Å²) in [5, 5.41) is 18.1. The highest BCUT2D eigenvalue weighted by Crippen LogP contribution is 2.25. The molecule has 0 spiro atoms. The molecule has 0 atom stereocenters. The third kappa shape index (κ3) is 3.16. The van der Waals surface area contributed by atoms with Gasteiger partial charge in [-0.25, -0.2) is 0 Å². The minimum atomic E-state index is -1.47. The number of hydrogen-bond acceptors (Lipinski definition) is 4. The van der Waals surface area contributed by atoms with Crippen molar-refractivity contribution in [1.82, 2.24) is 0 Å². The number of ether oxygens (including phenoxy) is 1. The minimum absolute atomic E-state index is 0.426. The molecule has 1 heterocycles. The van der Waals surface area contributed by atoms with E-state index >= 15 is 0 Å². The highest BCUT2D eigenvalue weighted by molar-refractivity contribution is 6.58. The van der Waals surface area contributed by atoms with Crippen molar-refractivity contribution < 1.29 is 19.2 Å². The van der Waals surface area contributed by atoms with Crippen molar-refractivity contribution in [1.29, 1.82) is 0 Å². The Balaban J connectivity index is 1.73. The van der Waals surface area contributed by atoms with Crippen LogP contribution in [0.2, 0.25) is 0 Å². The molecular formula is C16H13BO4. The van der Waals surface area contributed by atoms with Crippen molar-refractivity contribution in [3.63, 3.8) is 0 Å². The first kappa shape index (κ1) is 13.5. The Morgan fingerprint density at radius 1 is 0.810 bits per heavy atom. The van der Waals surface area contributed by atoms with Crippen LogP contribution in [0.4, 0.5) is 0 Å². The van der Waals surface area contributed by atoms with Crippen LogP contribution in [0.5, 0.6) is 11.5 Å². The molecule has 0 amide bonds. The van der Waals surface area contributed by atoms with Crippen molar-refractivity contribution in [3.8, 4) is 22.8 Å². The first-order chi connectivity index (χ1) is 10.2. The molecule has 3 aromatic rings. The van der Waals surface area contributed by atoms with Crippen LogP contribution in [0.15, 0.2) is 71.3 Å². The monoisotopic (exact) mass is 280 g/mol. The van der Waals surface area contributed by atoms with Gasteiger partial charge in [-0.05, 0) is 54.0 Å². The largest absolute Gasteiger partial charge is 0.488 e. The van der Waals surface area contributed by atoms with E-state index in [1.54, 1.807) is 30.5 Å². The van der Waals surface area contributed by atoms with Gasteiger partial charge in [-0.3, -0.25) is 0 Å². The summed E-state index contributed by atoms with van der Waals surface area (Å²) >= 11 is 0. The van der Waals surface area contributed by atoms with Crippen LogP contribution in [-0.2, 0) is 0 Å². The summed E-state index contributed by atoms with van der Waals surface area (Å²) in [4.78, 5) is 0. The molecule has 0 aliphatic carbocycles. The molecule has 0 fully saturated rings. The molecular weight excluding hydrogens is 267 g/mol. The predicted molar refractivity (Wildman–Crippen MR) is 80.5 cm³/mol. The van der Waals surface area contributed by atoms with Gasteiger partial charge in [0, 0.05) is 5.56 Å². The van der Waals surface area contributed by atoms with Gasteiger partial charge in [0.05, 0.1) is 6.26 Å². The van der Waals surface area contributed by atoms with E-state index in [0.717, 1.165) is 11.3 Å². The average molecular weight is 280 g/mol. The molecule has 21 heavy (non-hydrogen) atoms. The Kier molecular flexibility index (Phi) is 3.77. The molecule has 1 aromatic heterocycles. The van der Waals surface area contributed by atoms with Gasteiger partial charge >= 0.3 is 7.12 Å². The van der Waals surface area contributed by atoms with Gasteiger partial charge < -0.3 is 19.2 Å². The second-order valence-electron chi connectivity index (χ2n) is 4.55. The molecule has 5 heteroatoms. The van der Waals surface area contributed by atoms with Crippen LogP contribution in [0, 0.1) is 0 Å². The molecule has 0 radical (unpaired) electrons. The van der Waals surface area contributed by atoms with Gasteiger partial charge in [0.15, 0.2) is 0 Å². The van der Waals surface area contributed by atoms with Crippen LogP contribution in [0.3, 0.4) is 0 Å². The lowest BCUT2D eigenvalue weighted by Crippen LogP contribution is -2.29. The zero-order valence-electron chi connectivity index (χ0n) is 11.1. The number of furan rings is 1. The lowest BCUT2D eigenvalue weighted by atomic mass is 9.80. The fourth-order valence-corrected chi connectivity index (χ4v) is 1.97. The summed E-state index contributed by atoms with van der Waals surface area (Å²) < 4.78 is 11.0. The third-order valence-corrected chi connectivity index (χ3v) is 3.07. The van der Waals surface area contributed by atoms with Crippen molar-refractivity contribution in [2.75, 3.05) is 0 Å². The molecule has 2 aromatic carbocycles. The van der Waals surface area contributed by atoms with Gasteiger partial charge in [0.2, 0.25) is 0 Å². The maximum Gasteiger partial charge on any atom is 0.488 e.